The van der Waals surface area contributed by atoms with Gasteiger partial charge in [-0.3, -0.25) is 14.6 Å². The maximum atomic E-state index is 13.4. The lowest BCUT2D eigenvalue weighted by atomic mass is 10.1. The van der Waals surface area contributed by atoms with Crippen LogP contribution in [-0.4, -0.2) is 41.4 Å². The number of halogens is 4. The largest absolute Gasteiger partial charge is 0.479 e. The van der Waals surface area contributed by atoms with Crippen LogP contribution in [0, 0.1) is 5.95 Å². The van der Waals surface area contributed by atoms with E-state index in [1.165, 1.54) is 43.6 Å². The van der Waals surface area contributed by atoms with Gasteiger partial charge in [0.2, 0.25) is 5.91 Å². The number of amides is 2. The Morgan fingerprint density at radius 1 is 1.18 bits per heavy atom. The van der Waals surface area contributed by atoms with Gasteiger partial charge in [-0.2, -0.15) is 4.39 Å². The quantitative estimate of drug-likeness (QED) is 0.479. The number of benzene rings is 1. The Kier molecular flexibility index (Phi) is 7.83. The number of carbonyl (C=O) groups excluding carboxylic acids is 2. The lowest BCUT2D eigenvalue weighted by molar-refractivity contribution is -0.118. The SMILES string of the molecule is CC(=O)N(CC(F)F)c1ccc(-c2ccc(NC(=O)COc3cccnc3F)cn2)cc1Cl. The molecule has 1 aromatic carbocycles. The van der Waals surface area contributed by atoms with Crippen molar-refractivity contribution in [1.82, 2.24) is 9.97 Å². The van der Waals surface area contributed by atoms with Gasteiger partial charge in [0.25, 0.3) is 18.3 Å². The number of hydrogen-bond acceptors (Lipinski definition) is 5. The summed E-state index contributed by atoms with van der Waals surface area (Å²) < 4.78 is 44.1. The highest BCUT2D eigenvalue weighted by molar-refractivity contribution is 6.34. The molecule has 1 N–H and O–H groups in total. The van der Waals surface area contributed by atoms with Gasteiger partial charge in [0.05, 0.1) is 34.8 Å². The Morgan fingerprint density at radius 3 is 2.58 bits per heavy atom. The summed E-state index contributed by atoms with van der Waals surface area (Å²) in [5.74, 6) is -2.04. The van der Waals surface area contributed by atoms with Crippen molar-refractivity contribution >= 4 is 34.8 Å². The lowest BCUT2D eigenvalue weighted by Crippen LogP contribution is -2.33. The number of carbonyl (C=O) groups is 2. The molecule has 0 bridgehead atoms. The van der Waals surface area contributed by atoms with Gasteiger partial charge in [0.1, 0.15) is 0 Å². The molecule has 0 saturated heterocycles. The van der Waals surface area contributed by atoms with Gasteiger partial charge in [-0.25, -0.2) is 13.8 Å². The van der Waals surface area contributed by atoms with Crippen LogP contribution in [0.2, 0.25) is 5.02 Å². The van der Waals surface area contributed by atoms with Crippen LogP contribution in [-0.2, 0) is 9.59 Å². The summed E-state index contributed by atoms with van der Waals surface area (Å²) in [6.07, 6.45) is -0.0417. The molecular weight excluding hydrogens is 461 g/mol. The van der Waals surface area contributed by atoms with Crippen molar-refractivity contribution in [2.45, 2.75) is 13.3 Å². The molecule has 3 rings (SSSR count). The fourth-order valence-corrected chi connectivity index (χ4v) is 3.16. The molecule has 2 aromatic heterocycles. The molecule has 0 saturated carbocycles. The van der Waals surface area contributed by atoms with Crippen molar-refractivity contribution in [2.75, 3.05) is 23.4 Å². The number of nitrogens with zero attached hydrogens (tertiary/aromatic N) is 3. The minimum atomic E-state index is -2.71. The highest BCUT2D eigenvalue weighted by Crippen LogP contribution is 2.31. The number of alkyl halides is 2. The number of pyridine rings is 2. The Bertz CT molecular complexity index is 1150. The van der Waals surface area contributed by atoms with Gasteiger partial charge < -0.3 is 15.0 Å². The van der Waals surface area contributed by atoms with E-state index in [2.05, 4.69) is 15.3 Å². The van der Waals surface area contributed by atoms with Crippen molar-refractivity contribution in [2.24, 2.45) is 0 Å². The first-order valence-electron chi connectivity index (χ1n) is 9.60. The average Bonchev–Trinajstić information content (AvgIpc) is 2.77. The second-order valence-corrected chi connectivity index (χ2v) is 7.16. The third kappa shape index (κ3) is 6.42. The molecule has 172 valence electrons. The maximum absolute atomic E-state index is 13.4. The normalized spacial score (nSPS) is 10.7. The molecule has 11 heteroatoms. The van der Waals surface area contributed by atoms with Gasteiger partial charge in [0.15, 0.2) is 12.4 Å². The van der Waals surface area contributed by atoms with E-state index >= 15 is 0 Å². The molecule has 3 aromatic rings. The zero-order chi connectivity index (χ0) is 24.0. The highest BCUT2D eigenvalue weighted by Gasteiger charge is 2.19. The van der Waals surface area contributed by atoms with Gasteiger partial charge in [-0.1, -0.05) is 17.7 Å². The molecule has 0 unspecified atom stereocenters. The Labute approximate surface area is 192 Å². The van der Waals surface area contributed by atoms with Gasteiger partial charge >= 0.3 is 0 Å². The first kappa shape index (κ1) is 24.0. The van der Waals surface area contributed by atoms with Crippen LogP contribution in [0.4, 0.5) is 24.5 Å². The lowest BCUT2D eigenvalue weighted by Gasteiger charge is -2.22. The summed E-state index contributed by atoms with van der Waals surface area (Å²) in [5, 5.41) is 2.68. The minimum Gasteiger partial charge on any atom is -0.479 e. The molecule has 2 heterocycles. The van der Waals surface area contributed by atoms with E-state index in [9.17, 15) is 22.8 Å². The van der Waals surface area contributed by atoms with E-state index in [1.807, 2.05) is 0 Å². The number of ether oxygens (including phenoxy) is 1. The van der Waals surface area contributed by atoms with E-state index in [1.54, 1.807) is 18.2 Å². The van der Waals surface area contributed by atoms with Crippen LogP contribution in [0.15, 0.2) is 54.9 Å². The second kappa shape index (κ2) is 10.8. The van der Waals surface area contributed by atoms with Crippen LogP contribution < -0.4 is 15.0 Å². The Hall–Kier alpha value is -3.66. The third-order valence-electron chi connectivity index (χ3n) is 4.37. The molecule has 0 radical (unpaired) electrons. The van der Waals surface area contributed by atoms with Gasteiger partial charge in [0, 0.05) is 18.7 Å². The fourth-order valence-electron chi connectivity index (χ4n) is 2.88. The number of rotatable bonds is 8. The molecule has 0 aliphatic rings. The molecular formula is C22H18ClF3N4O3. The minimum absolute atomic E-state index is 0.113. The summed E-state index contributed by atoms with van der Waals surface area (Å²) in [6, 6.07) is 10.6. The van der Waals surface area contributed by atoms with Crippen molar-refractivity contribution in [1.29, 1.82) is 0 Å². The van der Waals surface area contributed by atoms with Crippen LogP contribution in [0.25, 0.3) is 11.3 Å². The smallest absolute Gasteiger partial charge is 0.262 e. The topological polar surface area (TPSA) is 84.4 Å². The van der Waals surface area contributed by atoms with Crippen molar-refractivity contribution < 1.29 is 27.5 Å². The van der Waals surface area contributed by atoms with E-state index in [-0.39, 0.29) is 16.5 Å². The maximum Gasteiger partial charge on any atom is 0.262 e. The second-order valence-electron chi connectivity index (χ2n) is 6.75. The van der Waals surface area contributed by atoms with Gasteiger partial charge in [-0.15, -0.1) is 0 Å². The predicted octanol–water partition coefficient (Wildman–Crippen LogP) is 4.57. The van der Waals surface area contributed by atoms with Crippen molar-refractivity contribution in [3.05, 3.63) is 65.8 Å². The molecule has 0 fully saturated rings. The molecule has 0 aliphatic heterocycles. The van der Waals surface area contributed by atoms with Crippen molar-refractivity contribution in [3.63, 3.8) is 0 Å². The number of nitrogens with one attached hydrogen (secondary N) is 1. The molecule has 2 amide bonds. The summed E-state index contributed by atoms with van der Waals surface area (Å²) in [7, 11) is 0. The van der Waals surface area contributed by atoms with Crippen molar-refractivity contribution in [3.8, 4) is 17.0 Å². The summed E-state index contributed by atoms with van der Waals surface area (Å²) in [4.78, 5) is 32.3. The van der Waals surface area contributed by atoms with E-state index in [0.29, 0.717) is 16.9 Å². The zero-order valence-corrected chi connectivity index (χ0v) is 18.0. The Balaban J connectivity index is 1.66. The zero-order valence-electron chi connectivity index (χ0n) is 17.3. The molecule has 0 aliphatic carbocycles. The number of hydrogen-bond donors (Lipinski definition) is 1. The van der Waals surface area contributed by atoms with E-state index < -0.39 is 37.3 Å². The first-order chi connectivity index (χ1) is 15.7. The van der Waals surface area contributed by atoms with E-state index in [0.717, 1.165) is 4.90 Å². The van der Waals surface area contributed by atoms with Crippen LogP contribution in [0.5, 0.6) is 5.75 Å². The predicted molar refractivity (Wildman–Crippen MR) is 117 cm³/mol. The first-order valence-corrected chi connectivity index (χ1v) is 9.98. The average molecular weight is 479 g/mol. The summed E-state index contributed by atoms with van der Waals surface area (Å²) in [6.45, 7) is -0.00957. The highest BCUT2D eigenvalue weighted by atomic mass is 35.5. The van der Waals surface area contributed by atoms with Crippen LogP contribution in [0.3, 0.4) is 0 Å². The van der Waals surface area contributed by atoms with Gasteiger partial charge in [-0.05, 0) is 36.4 Å². The number of aromatic nitrogens is 2. The molecule has 0 spiro atoms. The summed E-state index contributed by atoms with van der Waals surface area (Å²) in [5.41, 5.74) is 1.62. The molecule has 0 atom stereocenters. The number of anilines is 2. The Morgan fingerprint density at radius 2 is 1.97 bits per heavy atom. The van der Waals surface area contributed by atoms with E-state index in [4.69, 9.17) is 16.3 Å². The molecule has 33 heavy (non-hydrogen) atoms. The monoisotopic (exact) mass is 478 g/mol. The van der Waals surface area contributed by atoms with Crippen LogP contribution >= 0.6 is 11.6 Å². The standard InChI is InChI=1S/C22H18ClF3N4O3/c1-13(31)30(11-20(24)25)18-7-4-14(9-16(18)23)17-6-5-15(10-28-17)29-21(32)12-33-19-3-2-8-27-22(19)26/h2-10,20H,11-12H2,1H3,(H,29,32). The molecule has 7 nitrogen and oxygen atoms in total. The third-order valence-corrected chi connectivity index (χ3v) is 4.67. The fraction of sp³-hybridized carbons (Fsp3) is 0.182. The van der Waals surface area contributed by atoms with Crippen LogP contribution in [0.1, 0.15) is 6.92 Å². The summed E-state index contributed by atoms with van der Waals surface area (Å²) >= 11 is 6.23.